The fourth-order valence-electron chi connectivity index (χ4n) is 2.42. The van der Waals surface area contributed by atoms with Crippen LogP contribution in [-0.4, -0.2) is 45.5 Å². The van der Waals surface area contributed by atoms with E-state index < -0.39 is 11.8 Å². The highest BCUT2D eigenvalue weighted by Gasteiger charge is 2.13. The second-order valence-corrected chi connectivity index (χ2v) is 6.64. The van der Waals surface area contributed by atoms with Gasteiger partial charge in [-0.15, -0.1) is 0 Å². The van der Waals surface area contributed by atoms with Gasteiger partial charge >= 0.3 is 0 Å². The monoisotopic (exact) mass is 479 g/mol. The number of carbonyl (C=O) groups is 2. The zero-order valence-corrected chi connectivity index (χ0v) is 18.3. The van der Waals surface area contributed by atoms with E-state index in [2.05, 4.69) is 26.5 Å². The molecule has 0 fully saturated rings. The number of hydrazone groups is 1. The number of primary amides is 1. The first-order chi connectivity index (χ1) is 14.4. The number of ether oxygens (including phenoxy) is 4. The molecule has 10 heteroatoms. The molecule has 0 unspecified atom stereocenters. The van der Waals surface area contributed by atoms with Crippen molar-refractivity contribution in [3.8, 4) is 23.0 Å². The molecule has 0 radical (unpaired) electrons. The summed E-state index contributed by atoms with van der Waals surface area (Å²) in [7, 11) is 3.00. The van der Waals surface area contributed by atoms with Crippen LogP contribution in [0, 0.1) is 0 Å². The molecule has 0 atom stereocenters. The average molecular weight is 480 g/mol. The van der Waals surface area contributed by atoms with Gasteiger partial charge in [-0.25, -0.2) is 5.43 Å². The Morgan fingerprint density at radius 2 is 1.83 bits per heavy atom. The Morgan fingerprint density at radius 3 is 2.47 bits per heavy atom. The molecule has 0 heterocycles. The first-order valence-electron chi connectivity index (χ1n) is 8.82. The summed E-state index contributed by atoms with van der Waals surface area (Å²) in [5.74, 6) is 0.684. The zero-order valence-electron chi connectivity index (χ0n) is 16.7. The molecule has 0 bridgehead atoms. The molecular formula is C20H22BrN3O6. The van der Waals surface area contributed by atoms with Crippen molar-refractivity contribution in [2.45, 2.75) is 6.92 Å². The van der Waals surface area contributed by atoms with Gasteiger partial charge in [0, 0.05) is 5.56 Å². The van der Waals surface area contributed by atoms with Crippen LogP contribution in [0.5, 0.6) is 23.0 Å². The van der Waals surface area contributed by atoms with E-state index in [1.165, 1.54) is 20.4 Å². The van der Waals surface area contributed by atoms with E-state index in [4.69, 9.17) is 24.7 Å². The third-order valence-corrected chi connectivity index (χ3v) is 4.30. The van der Waals surface area contributed by atoms with E-state index >= 15 is 0 Å². The van der Waals surface area contributed by atoms with Crippen LogP contribution < -0.4 is 30.1 Å². The van der Waals surface area contributed by atoms with E-state index in [0.29, 0.717) is 45.2 Å². The van der Waals surface area contributed by atoms with Gasteiger partial charge in [0.05, 0.1) is 31.5 Å². The second kappa shape index (κ2) is 11.1. The van der Waals surface area contributed by atoms with Gasteiger partial charge in [0.15, 0.2) is 29.6 Å². The van der Waals surface area contributed by atoms with Gasteiger partial charge in [0.1, 0.15) is 0 Å². The average Bonchev–Trinajstić information content (AvgIpc) is 2.72. The fraction of sp³-hybridized carbons (Fsp3) is 0.250. The van der Waals surface area contributed by atoms with Gasteiger partial charge in [-0.1, -0.05) is 0 Å². The molecule has 9 nitrogen and oxygen atoms in total. The standard InChI is InChI=1S/C20H22BrN3O6/c1-4-29-17-8-12(7-14(21)19(17)30-11-18(22)25)10-23-24-20(26)13-5-6-15(27-2)16(9-13)28-3/h5-10H,4,11H2,1-3H3,(H2,22,25)(H,24,26)/b23-10+. The predicted octanol–water partition coefficient (Wildman–Crippen LogP) is 2.49. The van der Waals surface area contributed by atoms with Gasteiger partial charge in [0.25, 0.3) is 11.8 Å². The summed E-state index contributed by atoms with van der Waals surface area (Å²) in [5, 5.41) is 3.97. The maximum atomic E-state index is 12.3. The minimum atomic E-state index is -0.604. The normalized spacial score (nSPS) is 10.5. The van der Waals surface area contributed by atoms with Crippen LogP contribution in [0.25, 0.3) is 0 Å². The molecule has 0 spiro atoms. The molecule has 0 aromatic heterocycles. The molecule has 2 aromatic carbocycles. The van der Waals surface area contributed by atoms with Crippen molar-refractivity contribution in [1.82, 2.24) is 5.43 Å². The van der Waals surface area contributed by atoms with Crippen LogP contribution in [0.15, 0.2) is 39.9 Å². The lowest BCUT2D eigenvalue weighted by atomic mass is 10.2. The number of nitrogens with zero attached hydrogens (tertiary/aromatic N) is 1. The zero-order chi connectivity index (χ0) is 22.1. The lowest BCUT2D eigenvalue weighted by molar-refractivity contribution is -0.119. The Balaban J connectivity index is 2.15. The molecule has 0 aliphatic carbocycles. The lowest BCUT2D eigenvalue weighted by Gasteiger charge is -2.13. The maximum Gasteiger partial charge on any atom is 0.271 e. The summed E-state index contributed by atoms with van der Waals surface area (Å²) in [5.41, 5.74) is 8.56. The molecule has 0 saturated heterocycles. The summed E-state index contributed by atoms with van der Waals surface area (Å²) in [6.07, 6.45) is 1.45. The van der Waals surface area contributed by atoms with E-state index in [1.807, 2.05) is 6.92 Å². The van der Waals surface area contributed by atoms with Crippen LogP contribution >= 0.6 is 15.9 Å². The van der Waals surface area contributed by atoms with Gasteiger partial charge in [-0.2, -0.15) is 5.10 Å². The van der Waals surface area contributed by atoms with Crippen LogP contribution in [0.4, 0.5) is 0 Å². The molecule has 0 saturated carbocycles. The highest BCUT2D eigenvalue weighted by molar-refractivity contribution is 9.10. The van der Waals surface area contributed by atoms with E-state index in [0.717, 1.165) is 0 Å². The van der Waals surface area contributed by atoms with Gasteiger partial charge < -0.3 is 24.7 Å². The van der Waals surface area contributed by atoms with Crippen molar-refractivity contribution < 1.29 is 28.5 Å². The van der Waals surface area contributed by atoms with Crippen molar-refractivity contribution in [2.24, 2.45) is 10.8 Å². The van der Waals surface area contributed by atoms with Crippen LogP contribution in [0.2, 0.25) is 0 Å². The summed E-state index contributed by atoms with van der Waals surface area (Å²) < 4.78 is 21.8. The molecule has 160 valence electrons. The van der Waals surface area contributed by atoms with Crippen LogP contribution in [0.3, 0.4) is 0 Å². The molecule has 2 rings (SSSR count). The highest BCUT2D eigenvalue weighted by atomic mass is 79.9. The lowest BCUT2D eigenvalue weighted by Crippen LogP contribution is -2.20. The summed E-state index contributed by atoms with van der Waals surface area (Å²) in [6.45, 7) is 1.92. The van der Waals surface area contributed by atoms with E-state index in [1.54, 1.807) is 30.3 Å². The number of nitrogens with two attached hydrogens (primary N) is 1. The quantitative estimate of drug-likeness (QED) is 0.398. The summed E-state index contributed by atoms with van der Waals surface area (Å²) >= 11 is 3.37. The van der Waals surface area contributed by atoms with Gasteiger partial charge in [-0.05, 0) is 58.7 Å². The minimum absolute atomic E-state index is 0.284. The number of hydrogen-bond donors (Lipinski definition) is 2. The Kier molecular flexibility index (Phi) is 8.48. The first kappa shape index (κ1) is 23.0. The van der Waals surface area contributed by atoms with Crippen LogP contribution in [0.1, 0.15) is 22.8 Å². The number of benzene rings is 2. The number of nitrogens with one attached hydrogen (secondary N) is 1. The Morgan fingerprint density at radius 1 is 1.10 bits per heavy atom. The molecule has 0 aliphatic heterocycles. The Labute approximate surface area is 182 Å². The SMILES string of the molecule is CCOc1cc(/C=N/NC(=O)c2ccc(OC)c(OC)c2)cc(Br)c1OCC(N)=O. The number of methoxy groups -OCH3 is 2. The van der Waals surface area contributed by atoms with Crippen molar-refractivity contribution in [2.75, 3.05) is 27.4 Å². The largest absolute Gasteiger partial charge is 0.493 e. The minimum Gasteiger partial charge on any atom is -0.493 e. The predicted molar refractivity (Wildman–Crippen MR) is 115 cm³/mol. The number of rotatable bonds is 10. The number of hydrogen-bond acceptors (Lipinski definition) is 7. The second-order valence-electron chi connectivity index (χ2n) is 5.79. The third kappa shape index (κ3) is 6.11. The summed E-state index contributed by atoms with van der Waals surface area (Å²) in [6, 6.07) is 8.15. The first-order valence-corrected chi connectivity index (χ1v) is 9.61. The third-order valence-electron chi connectivity index (χ3n) is 3.72. The van der Waals surface area contributed by atoms with Crippen molar-refractivity contribution in [3.05, 3.63) is 45.9 Å². The topological polar surface area (TPSA) is 121 Å². The maximum absolute atomic E-state index is 12.3. The van der Waals surface area contributed by atoms with Crippen LogP contribution in [-0.2, 0) is 4.79 Å². The van der Waals surface area contributed by atoms with Crippen molar-refractivity contribution >= 4 is 34.0 Å². The van der Waals surface area contributed by atoms with Crippen molar-refractivity contribution in [3.63, 3.8) is 0 Å². The molecule has 0 aliphatic rings. The molecule has 2 amide bonds. The Bertz CT molecular complexity index is 948. The number of carbonyl (C=O) groups excluding carboxylic acids is 2. The molecule has 30 heavy (non-hydrogen) atoms. The van der Waals surface area contributed by atoms with Gasteiger partial charge in [0.2, 0.25) is 0 Å². The highest BCUT2D eigenvalue weighted by Crippen LogP contribution is 2.36. The fourth-order valence-corrected chi connectivity index (χ4v) is 2.99. The van der Waals surface area contributed by atoms with E-state index in [-0.39, 0.29) is 6.61 Å². The molecular weight excluding hydrogens is 458 g/mol. The van der Waals surface area contributed by atoms with Gasteiger partial charge in [-0.3, -0.25) is 9.59 Å². The number of halogens is 1. The molecule has 3 N–H and O–H groups in total. The number of amides is 2. The Hall–Kier alpha value is -3.27. The summed E-state index contributed by atoms with van der Waals surface area (Å²) in [4.78, 5) is 23.3. The van der Waals surface area contributed by atoms with E-state index in [9.17, 15) is 9.59 Å². The molecule has 2 aromatic rings. The van der Waals surface area contributed by atoms with Crippen molar-refractivity contribution in [1.29, 1.82) is 0 Å². The smallest absolute Gasteiger partial charge is 0.271 e.